The van der Waals surface area contributed by atoms with Gasteiger partial charge in [-0.15, -0.1) is 0 Å². The lowest BCUT2D eigenvalue weighted by molar-refractivity contribution is -0.116. The van der Waals surface area contributed by atoms with E-state index in [1.165, 1.54) is 35.7 Å². The molecule has 1 saturated carbocycles. The minimum absolute atomic E-state index is 0.0811. The van der Waals surface area contributed by atoms with E-state index >= 15 is 0 Å². The van der Waals surface area contributed by atoms with Crippen molar-refractivity contribution >= 4 is 21.9 Å². The molecule has 11 heteroatoms. The van der Waals surface area contributed by atoms with E-state index in [9.17, 15) is 17.6 Å². The molecule has 1 aromatic heterocycles. The number of hydrogen-bond donors (Lipinski definition) is 1. The number of anilines is 1. The van der Waals surface area contributed by atoms with Gasteiger partial charge in [-0.05, 0) is 85.6 Å². The van der Waals surface area contributed by atoms with Crippen LogP contribution in [0.15, 0.2) is 83.9 Å². The van der Waals surface area contributed by atoms with Crippen LogP contribution in [0.2, 0.25) is 0 Å². The number of amides is 1. The number of carbonyl (C=O) groups is 1. The predicted molar refractivity (Wildman–Crippen MR) is 144 cm³/mol. The van der Waals surface area contributed by atoms with Crippen LogP contribution in [0.25, 0.3) is 16.9 Å². The highest BCUT2D eigenvalue weighted by Crippen LogP contribution is 2.33. The quantitative estimate of drug-likeness (QED) is 0.312. The molecule has 3 aromatic carbocycles. The second-order valence-electron chi connectivity index (χ2n) is 9.03. The van der Waals surface area contributed by atoms with Crippen LogP contribution in [0.5, 0.6) is 11.5 Å². The first-order valence-corrected chi connectivity index (χ1v) is 13.7. The molecule has 5 rings (SSSR count). The van der Waals surface area contributed by atoms with Crippen LogP contribution >= 0.6 is 0 Å². The molecule has 0 unspecified atom stereocenters. The summed E-state index contributed by atoms with van der Waals surface area (Å²) >= 11 is 0. The van der Waals surface area contributed by atoms with Gasteiger partial charge in [0.1, 0.15) is 17.3 Å². The Hall–Kier alpha value is -4.22. The summed E-state index contributed by atoms with van der Waals surface area (Å²) in [5, 5.41) is 2.76. The number of sulfonamides is 1. The molecule has 202 valence electrons. The lowest BCUT2D eigenvalue weighted by atomic mass is 10.1. The van der Waals surface area contributed by atoms with E-state index in [2.05, 4.69) is 10.3 Å². The summed E-state index contributed by atoms with van der Waals surface area (Å²) in [6.45, 7) is -0.382. The zero-order valence-corrected chi connectivity index (χ0v) is 22.2. The largest absolute Gasteiger partial charge is 0.497 e. The lowest BCUT2D eigenvalue weighted by Gasteiger charge is -2.21. The summed E-state index contributed by atoms with van der Waals surface area (Å²) in [4.78, 5) is 17.9. The average Bonchev–Trinajstić information content (AvgIpc) is 3.71. The molecule has 1 aliphatic carbocycles. The zero-order valence-electron chi connectivity index (χ0n) is 21.4. The third-order valence-electron chi connectivity index (χ3n) is 6.37. The molecule has 1 fully saturated rings. The third kappa shape index (κ3) is 5.79. The van der Waals surface area contributed by atoms with Crippen molar-refractivity contribution < 1.29 is 27.1 Å². The van der Waals surface area contributed by atoms with Gasteiger partial charge in [0.25, 0.3) is 0 Å². The van der Waals surface area contributed by atoms with E-state index < -0.39 is 21.7 Å². The Morgan fingerprint density at radius 2 is 1.56 bits per heavy atom. The maximum Gasteiger partial charge on any atom is 0.243 e. The second-order valence-corrected chi connectivity index (χ2v) is 10.9. The SMILES string of the molecule is COc1ccc(-c2cn(-c3ccc(F)cc3)c(NC(=O)CN(C3CC3)S(=O)(=O)c3ccc(OC)cc3)n2)cc1. The van der Waals surface area contributed by atoms with Crippen molar-refractivity contribution in [2.75, 3.05) is 26.1 Å². The molecule has 0 atom stereocenters. The van der Waals surface area contributed by atoms with Gasteiger partial charge in [-0.25, -0.2) is 17.8 Å². The Labute approximate surface area is 225 Å². The number of carbonyl (C=O) groups excluding carboxylic acids is 1. The summed E-state index contributed by atoms with van der Waals surface area (Å²) in [6, 6.07) is 18.8. The number of rotatable bonds is 10. The van der Waals surface area contributed by atoms with E-state index in [0.717, 1.165) is 5.56 Å². The van der Waals surface area contributed by atoms with Crippen LogP contribution in [-0.2, 0) is 14.8 Å². The van der Waals surface area contributed by atoms with Crippen LogP contribution < -0.4 is 14.8 Å². The highest BCUT2D eigenvalue weighted by molar-refractivity contribution is 7.89. The number of hydrogen-bond acceptors (Lipinski definition) is 6. The number of aromatic nitrogens is 2. The van der Waals surface area contributed by atoms with E-state index in [-0.39, 0.29) is 23.4 Å². The van der Waals surface area contributed by atoms with E-state index in [1.807, 2.05) is 12.1 Å². The van der Waals surface area contributed by atoms with Crippen molar-refractivity contribution in [1.29, 1.82) is 0 Å². The van der Waals surface area contributed by atoms with Gasteiger partial charge >= 0.3 is 0 Å². The first-order chi connectivity index (χ1) is 18.8. The molecule has 0 aliphatic heterocycles. The van der Waals surface area contributed by atoms with Crippen LogP contribution in [0, 0.1) is 5.82 Å². The summed E-state index contributed by atoms with van der Waals surface area (Å²) in [5.41, 5.74) is 1.90. The standard InChI is InChI=1S/C28H27FN4O5S/c1-37-23-11-3-19(4-12-23)26-17-32(21-7-5-20(29)6-8-21)28(30-26)31-27(34)18-33(22-9-10-22)39(35,36)25-15-13-24(38-2)14-16-25/h3-8,11-17,22H,9-10,18H2,1-2H3,(H,30,31,34). The molecule has 1 aliphatic rings. The number of methoxy groups -OCH3 is 2. The second kappa shape index (κ2) is 10.9. The molecular weight excluding hydrogens is 523 g/mol. The van der Waals surface area contributed by atoms with Crippen molar-refractivity contribution in [2.24, 2.45) is 0 Å². The maximum absolute atomic E-state index is 13.6. The van der Waals surface area contributed by atoms with Crippen molar-refractivity contribution in [1.82, 2.24) is 13.9 Å². The Bertz CT molecular complexity index is 1570. The van der Waals surface area contributed by atoms with Crippen LogP contribution in [0.1, 0.15) is 12.8 Å². The smallest absolute Gasteiger partial charge is 0.243 e. The molecule has 4 aromatic rings. The van der Waals surface area contributed by atoms with Gasteiger partial charge in [0.2, 0.25) is 21.9 Å². The van der Waals surface area contributed by atoms with Gasteiger partial charge in [-0.2, -0.15) is 4.31 Å². The number of benzene rings is 3. The minimum atomic E-state index is -3.93. The predicted octanol–water partition coefficient (Wildman–Crippen LogP) is 4.49. The average molecular weight is 551 g/mol. The Balaban J connectivity index is 1.42. The Morgan fingerprint density at radius 3 is 2.13 bits per heavy atom. The van der Waals surface area contributed by atoms with Crippen LogP contribution in [-0.4, -0.2) is 55.0 Å². The first kappa shape index (κ1) is 26.4. The highest BCUT2D eigenvalue weighted by atomic mass is 32.2. The van der Waals surface area contributed by atoms with Crippen LogP contribution in [0.4, 0.5) is 10.3 Å². The molecule has 0 bridgehead atoms. The van der Waals surface area contributed by atoms with E-state index in [0.29, 0.717) is 35.7 Å². The van der Waals surface area contributed by atoms with Crippen LogP contribution in [0.3, 0.4) is 0 Å². The molecule has 1 heterocycles. The molecule has 0 spiro atoms. The van der Waals surface area contributed by atoms with Crippen molar-refractivity contribution in [3.8, 4) is 28.4 Å². The van der Waals surface area contributed by atoms with Gasteiger partial charge in [0.05, 0.1) is 31.4 Å². The summed E-state index contributed by atoms with van der Waals surface area (Å²) in [5.74, 6) is 0.446. The molecule has 39 heavy (non-hydrogen) atoms. The summed E-state index contributed by atoms with van der Waals surface area (Å²) < 4.78 is 53.6. The molecule has 0 radical (unpaired) electrons. The fourth-order valence-electron chi connectivity index (χ4n) is 4.13. The van der Waals surface area contributed by atoms with E-state index in [4.69, 9.17) is 9.47 Å². The number of nitrogens with one attached hydrogen (secondary N) is 1. The summed E-state index contributed by atoms with van der Waals surface area (Å²) in [7, 11) is -0.850. The number of halogens is 1. The maximum atomic E-state index is 13.6. The van der Waals surface area contributed by atoms with Gasteiger partial charge < -0.3 is 9.47 Å². The summed E-state index contributed by atoms with van der Waals surface area (Å²) in [6.07, 6.45) is 3.07. The number of imidazole rings is 1. The molecular formula is C28H27FN4O5S. The topological polar surface area (TPSA) is 103 Å². The van der Waals surface area contributed by atoms with Crippen molar-refractivity contribution in [3.05, 3.63) is 84.8 Å². The lowest BCUT2D eigenvalue weighted by Crippen LogP contribution is -2.39. The zero-order chi connectivity index (χ0) is 27.6. The Kier molecular flexibility index (Phi) is 7.36. The highest BCUT2D eigenvalue weighted by Gasteiger charge is 2.39. The Morgan fingerprint density at radius 1 is 0.974 bits per heavy atom. The fraction of sp³-hybridized carbons (Fsp3) is 0.214. The molecule has 9 nitrogen and oxygen atoms in total. The third-order valence-corrected chi connectivity index (χ3v) is 8.28. The van der Waals surface area contributed by atoms with Gasteiger partial charge in [-0.1, -0.05) is 0 Å². The first-order valence-electron chi connectivity index (χ1n) is 12.2. The van der Waals surface area contributed by atoms with E-state index in [1.54, 1.807) is 54.3 Å². The molecule has 0 saturated heterocycles. The number of nitrogens with zero attached hydrogens (tertiary/aromatic N) is 3. The number of ether oxygens (including phenoxy) is 2. The monoisotopic (exact) mass is 550 g/mol. The van der Waals surface area contributed by atoms with Crippen molar-refractivity contribution in [2.45, 2.75) is 23.8 Å². The fourth-order valence-corrected chi connectivity index (χ4v) is 5.77. The van der Waals surface area contributed by atoms with Gasteiger partial charge in [-0.3, -0.25) is 14.7 Å². The van der Waals surface area contributed by atoms with Gasteiger partial charge in [0, 0.05) is 23.5 Å². The minimum Gasteiger partial charge on any atom is -0.497 e. The normalized spacial score (nSPS) is 13.3. The van der Waals surface area contributed by atoms with Crippen molar-refractivity contribution in [3.63, 3.8) is 0 Å². The molecule has 1 amide bonds. The van der Waals surface area contributed by atoms with Gasteiger partial charge in [0.15, 0.2) is 0 Å². The molecule has 1 N–H and O–H groups in total.